The van der Waals surface area contributed by atoms with Crippen LogP contribution in [0.5, 0.6) is 0 Å². The Morgan fingerprint density at radius 2 is 1.43 bits per heavy atom. The number of benzene rings is 2. The molecule has 3 rings (SSSR count). The van der Waals surface area contributed by atoms with Gasteiger partial charge in [0.25, 0.3) is 0 Å². The molecule has 0 saturated heterocycles. The zero-order valence-electron chi connectivity index (χ0n) is 14.0. The highest BCUT2D eigenvalue weighted by Gasteiger charge is 2.27. The lowest BCUT2D eigenvalue weighted by Crippen LogP contribution is -2.13. The lowest BCUT2D eigenvalue weighted by atomic mass is 9.81. The Morgan fingerprint density at radius 1 is 0.714 bits per heavy atom. The first-order valence-corrected chi connectivity index (χ1v) is 7.81. The SMILES string of the molecule is CC(C)(C)c1ccc2c(c1)[CH]c1cccc(C(C)(C)C)c1-2. The molecule has 0 amide bonds. The Hall–Kier alpha value is -1.56. The summed E-state index contributed by atoms with van der Waals surface area (Å²) in [5.41, 5.74) is 8.77. The van der Waals surface area contributed by atoms with Crippen molar-refractivity contribution in [1.82, 2.24) is 0 Å². The molecule has 0 heteroatoms. The average Bonchev–Trinajstić information content (AvgIpc) is 2.73. The summed E-state index contributed by atoms with van der Waals surface area (Å²) in [4.78, 5) is 0. The Balaban J connectivity index is 2.19. The third-order valence-corrected chi connectivity index (χ3v) is 4.40. The van der Waals surface area contributed by atoms with Crippen LogP contribution in [0.3, 0.4) is 0 Å². The molecule has 0 saturated carbocycles. The normalized spacial score (nSPS) is 14.0. The summed E-state index contributed by atoms with van der Waals surface area (Å²) < 4.78 is 0. The van der Waals surface area contributed by atoms with Gasteiger partial charge in [-0.25, -0.2) is 0 Å². The van der Waals surface area contributed by atoms with Gasteiger partial charge in [0, 0.05) is 6.42 Å². The third-order valence-electron chi connectivity index (χ3n) is 4.40. The van der Waals surface area contributed by atoms with E-state index in [4.69, 9.17) is 0 Å². The fourth-order valence-corrected chi connectivity index (χ4v) is 3.16. The van der Waals surface area contributed by atoms with E-state index >= 15 is 0 Å². The minimum Gasteiger partial charge on any atom is -0.0616 e. The van der Waals surface area contributed by atoms with Crippen molar-refractivity contribution in [1.29, 1.82) is 0 Å². The second-order valence-corrected chi connectivity index (χ2v) is 8.22. The maximum atomic E-state index is 2.36. The molecule has 1 aliphatic rings. The molecule has 0 heterocycles. The Kier molecular flexibility index (Phi) is 3.06. The van der Waals surface area contributed by atoms with Crippen LogP contribution in [0.15, 0.2) is 36.4 Å². The summed E-state index contributed by atoms with van der Waals surface area (Å²) in [5, 5.41) is 0. The largest absolute Gasteiger partial charge is 0.0616 e. The molecule has 1 aliphatic carbocycles. The summed E-state index contributed by atoms with van der Waals surface area (Å²) in [6.45, 7) is 13.7. The smallest absolute Gasteiger partial charge is 0.0212 e. The fourth-order valence-electron chi connectivity index (χ4n) is 3.16. The first-order chi connectivity index (χ1) is 9.68. The molecule has 1 radical (unpaired) electrons. The lowest BCUT2D eigenvalue weighted by Gasteiger charge is -2.24. The van der Waals surface area contributed by atoms with Crippen LogP contribution in [0.1, 0.15) is 63.8 Å². The van der Waals surface area contributed by atoms with Gasteiger partial charge >= 0.3 is 0 Å². The van der Waals surface area contributed by atoms with Gasteiger partial charge in [-0.3, -0.25) is 0 Å². The maximum absolute atomic E-state index is 2.36. The number of hydrogen-bond donors (Lipinski definition) is 0. The minimum absolute atomic E-state index is 0.170. The van der Waals surface area contributed by atoms with E-state index in [2.05, 4.69) is 84.4 Å². The van der Waals surface area contributed by atoms with Crippen molar-refractivity contribution >= 4 is 0 Å². The number of hydrogen-bond acceptors (Lipinski definition) is 0. The van der Waals surface area contributed by atoms with Crippen molar-refractivity contribution in [2.75, 3.05) is 0 Å². The molecular formula is C21H25. The van der Waals surface area contributed by atoms with E-state index in [1.54, 1.807) is 0 Å². The molecule has 0 atom stereocenters. The van der Waals surface area contributed by atoms with E-state index in [0.29, 0.717) is 0 Å². The van der Waals surface area contributed by atoms with Crippen LogP contribution < -0.4 is 0 Å². The fraction of sp³-hybridized carbons (Fsp3) is 0.381. The third kappa shape index (κ3) is 2.41. The average molecular weight is 277 g/mol. The number of fused-ring (bicyclic) bond motifs is 3. The molecule has 0 aromatic heterocycles. The van der Waals surface area contributed by atoms with Crippen molar-refractivity contribution in [3.63, 3.8) is 0 Å². The molecule has 2 aromatic carbocycles. The van der Waals surface area contributed by atoms with Crippen LogP contribution in [-0.2, 0) is 10.8 Å². The standard InChI is InChI=1S/C21H25/c1-20(2,3)16-10-11-17-15(13-16)12-14-8-7-9-18(19(14)17)21(4,5)6/h7-13H,1-6H3. The van der Waals surface area contributed by atoms with Gasteiger partial charge in [0.05, 0.1) is 0 Å². The molecule has 0 bridgehead atoms. The van der Waals surface area contributed by atoms with Crippen molar-refractivity contribution < 1.29 is 0 Å². The predicted molar refractivity (Wildman–Crippen MR) is 91.8 cm³/mol. The second kappa shape index (κ2) is 4.47. The molecule has 0 spiro atoms. The van der Waals surface area contributed by atoms with Gasteiger partial charge in [-0.15, -0.1) is 0 Å². The second-order valence-electron chi connectivity index (χ2n) is 8.22. The van der Waals surface area contributed by atoms with E-state index in [1.807, 2.05) is 0 Å². The molecule has 109 valence electrons. The van der Waals surface area contributed by atoms with Gasteiger partial charge < -0.3 is 0 Å². The van der Waals surface area contributed by atoms with Crippen molar-refractivity contribution in [2.24, 2.45) is 0 Å². The van der Waals surface area contributed by atoms with E-state index < -0.39 is 0 Å². The van der Waals surface area contributed by atoms with Crippen LogP contribution in [0.4, 0.5) is 0 Å². The summed E-state index contributed by atoms with van der Waals surface area (Å²) >= 11 is 0. The highest BCUT2D eigenvalue weighted by Crippen LogP contribution is 2.44. The van der Waals surface area contributed by atoms with Crippen molar-refractivity contribution in [2.45, 2.75) is 52.4 Å². The van der Waals surface area contributed by atoms with E-state index in [0.717, 1.165) is 0 Å². The van der Waals surface area contributed by atoms with Crippen molar-refractivity contribution in [3.8, 4) is 11.1 Å². The lowest BCUT2D eigenvalue weighted by molar-refractivity contribution is 0.589. The van der Waals surface area contributed by atoms with Crippen LogP contribution in [0.2, 0.25) is 0 Å². The monoisotopic (exact) mass is 277 g/mol. The van der Waals surface area contributed by atoms with Crippen LogP contribution >= 0.6 is 0 Å². The zero-order valence-corrected chi connectivity index (χ0v) is 14.0. The quantitative estimate of drug-likeness (QED) is 0.482. The minimum atomic E-state index is 0.170. The van der Waals surface area contributed by atoms with Gasteiger partial charge in [-0.05, 0) is 44.2 Å². The van der Waals surface area contributed by atoms with Crippen molar-refractivity contribution in [3.05, 3.63) is 65.1 Å². The Labute approximate surface area is 129 Å². The first-order valence-electron chi connectivity index (χ1n) is 7.81. The zero-order chi connectivity index (χ0) is 15.4. The highest BCUT2D eigenvalue weighted by molar-refractivity contribution is 5.84. The molecule has 21 heavy (non-hydrogen) atoms. The summed E-state index contributed by atoms with van der Waals surface area (Å²) in [6, 6.07) is 13.7. The molecule has 2 aromatic rings. The first kappa shape index (κ1) is 14.4. The Morgan fingerprint density at radius 3 is 2.05 bits per heavy atom. The van der Waals surface area contributed by atoms with Gasteiger partial charge in [0.1, 0.15) is 0 Å². The maximum Gasteiger partial charge on any atom is 0.0212 e. The van der Waals surface area contributed by atoms with E-state index in [9.17, 15) is 0 Å². The van der Waals surface area contributed by atoms with Gasteiger partial charge in [-0.1, -0.05) is 77.9 Å². The van der Waals surface area contributed by atoms with Crippen LogP contribution in [0, 0.1) is 6.42 Å². The molecule has 0 nitrogen and oxygen atoms in total. The molecular weight excluding hydrogens is 252 g/mol. The molecule has 0 unspecified atom stereocenters. The number of rotatable bonds is 0. The van der Waals surface area contributed by atoms with Gasteiger partial charge in [-0.2, -0.15) is 0 Å². The molecule has 0 aliphatic heterocycles. The Bertz CT molecular complexity index is 691. The van der Waals surface area contributed by atoms with Crippen LogP contribution in [-0.4, -0.2) is 0 Å². The predicted octanol–water partition coefficient (Wildman–Crippen LogP) is 5.86. The highest BCUT2D eigenvalue weighted by atomic mass is 14.3. The van der Waals surface area contributed by atoms with Gasteiger partial charge in [0.2, 0.25) is 0 Å². The molecule has 0 fully saturated rings. The van der Waals surface area contributed by atoms with Gasteiger partial charge in [0.15, 0.2) is 0 Å². The summed E-state index contributed by atoms with van der Waals surface area (Å²) in [5.74, 6) is 0. The van der Waals surface area contributed by atoms with E-state index in [1.165, 1.54) is 33.4 Å². The van der Waals surface area contributed by atoms with E-state index in [-0.39, 0.29) is 10.8 Å². The van der Waals surface area contributed by atoms with Crippen LogP contribution in [0.25, 0.3) is 11.1 Å². The molecule has 0 N–H and O–H groups in total. The summed E-state index contributed by atoms with van der Waals surface area (Å²) in [6.07, 6.45) is 2.34. The topological polar surface area (TPSA) is 0 Å². The summed E-state index contributed by atoms with van der Waals surface area (Å²) in [7, 11) is 0.